The average molecular weight is 118 g/mol. The fourth-order valence-electron chi connectivity index (χ4n) is 0.964. The Morgan fingerprint density at radius 3 is 2.50 bits per heavy atom. The predicted molar refractivity (Wildman–Crippen MR) is 30.1 cm³/mol. The molecule has 1 fully saturated rings. The summed E-state index contributed by atoms with van der Waals surface area (Å²) in [6.45, 7) is 0.501. The summed E-state index contributed by atoms with van der Waals surface area (Å²) in [5, 5.41) is 0. The Morgan fingerprint density at radius 1 is 1.75 bits per heavy atom. The maximum Gasteiger partial charge on any atom is 0.116 e. The van der Waals surface area contributed by atoms with E-state index in [2.05, 4.69) is 0 Å². The molecule has 1 saturated heterocycles. The molecule has 3 heteroatoms. The van der Waals surface area contributed by atoms with Crippen molar-refractivity contribution in [2.45, 2.75) is 18.8 Å². The quantitative estimate of drug-likeness (QED) is 0.483. The van der Waals surface area contributed by atoms with Gasteiger partial charge in [-0.1, -0.05) is 0 Å². The van der Waals surface area contributed by atoms with E-state index in [-0.39, 0.29) is 6.17 Å². The van der Waals surface area contributed by atoms with Crippen LogP contribution in [-0.2, 0) is 0 Å². The number of rotatable bonds is 0. The molecule has 1 rings (SSSR count). The molecule has 0 amide bonds. The molecule has 2 nitrogen and oxygen atoms in total. The van der Waals surface area contributed by atoms with Crippen LogP contribution in [0.15, 0.2) is 0 Å². The molecular weight excluding hydrogens is 107 g/mol. The third kappa shape index (κ3) is 0.980. The minimum absolute atomic E-state index is 0.0509. The van der Waals surface area contributed by atoms with Crippen LogP contribution >= 0.6 is 0 Å². The van der Waals surface area contributed by atoms with Crippen LogP contribution in [0.5, 0.6) is 0 Å². The molecule has 0 aromatic carbocycles. The van der Waals surface area contributed by atoms with Crippen LogP contribution in [0.25, 0.3) is 0 Å². The molecule has 1 heterocycles. The van der Waals surface area contributed by atoms with Gasteiger partial charge < -0.3 is 5.73 Å². The Hall–Kier alpha value is -0.150. The third-order valence-electron chi connectivity index (χ3n) is 1.55. The van der Waals surface area contributed by atoms with Crippen LogP contribution in [0.3, 0.4) is 0 Å². The molecule has 2 atom stereocenters. The van der Waals surface area contributed by atoms with Gasteiger partial charge in [-0.25, -0.2) is 4.39 Å². The summed E-state index contributed by atoms with van der Waals surface area (Å²) in [4.78, 5) is 1.82. The van der Waals surface area contributed by atoms with Gasteiger partial charge in [-0.15, -0.1) is 0 Å². The van der Waals surface area contributed by atoms with Gasteiger partial charge in [-0.2, -0.15) is 0 Å². The van der Waals surface area contributed by atoms with Crippen molar-refractivity contribution in [1.82, 2.24) is 4.90 Å². The molecule has 2 N–H and O–H groups in total. The Kier molecular flexibility index (Phi) is 1.49. The third-order valence-corrected chi connectivity index (χ3v) is 1.55. The number of alkyl halides is 1. The van der Waals surface area contributed by atoms with E-state index in [1.165, 1.54) is 0 Å². The average Bonchev–Trinajstić information content (AvgIpc) is 1.85. The molecule has 1 aliphatic rings. The molecule has 0 aromatic rings. The van der Waals surface area contributed by atoms with E-state index >= 15 is 0 Å². The highest BCUT2D eigenvalue weighted by atomic mass is 19.1. The lowest BCUT2D eigenvalue weighted by molar-refractivity contribution is 0.298. The van der Waals surface area contributed by atoms with Gasteiger partial charge in [0.2, 0.25) is 0 Å². The Labute approximate surface area is 48.5 Å². The van der Waals surface area contributed by atoms with Gasteiger partial charge in [-0.3, -0.25) is 4.90 Å². The van der Waals surface area contributed by atoms with Crippen LogP contribution < -0.4 is 5.73 Å². The van der Waals surface area contributed by atoms with Gasteiger partial charge in [0.1, 0.15) is 6.17 Å². The van der Waals surface area contributed by atoms with Gasteiger partial charge in [0, 0.05) is 13.0 Å². The first kappa shape index (κ1) is 5.98. The van der Waals surface area contributed by atoms with E-state index in [1.54, 1.807) is 0 Å². The van der Waals surface area contributed by atoms with E-state index in [9.17, 15) is 4.39 Å². The van der Waals surface area contributed by atoms with Crippen molar-refractivity contribution in [3.8, 4) is 0 Å². The summed E-state index contributed by atoms with van der Waals surface area (Å²) in [5.41, 5.74) is 5.45. The van der Waals surface area contributed by atoms with E-state index in [4.69, 9.17) is 5.73 Å². The summed E-state index contributed by atoms with van der Waals surface area (Å²) in [7, 11) is 1.84. The summed E-state index contributed by atoms with van der Waals surface area (Å²) in [6.07, 6.45) is -0.253. The predicted octanol–water partition coefficient (Wildman–Crippen LogP) is -0.0552. The second-order valence-electron chi connectivity index (χ2n) is 2.34. The molecule has 0 saturated carbocycles. The largest absolute Gasteiger partial charge is 0.316 e. The highest BCUT2D eigenvalue weighted by Crippen LogP contribution is 2.13. The normalized spacial score (nSPS) is 40.9. The summed E-state index contributed by atoms with van der Waals surface area (Å²) in [6, 6.07) is 0. The van der Waals surface area contributed by atoms with E-state index < -0.39 is 6.17 Å². The molecule has 48 valence electrons. The van der Waals surface area contributed by atoms with Crippen molar-refractivity contribution >= 4 is 0 Å². The van der Waals surface area contributed by atoms with E-state index in [1.807, 2.05) is 11.9 Å². The van der Waals surface area contributed by atoms with Gasteiger partial charge in [-0.05, 0) is 7.05 Å². The smallest absolute Gasteiger partial charge is 0.116 e. The molecule has 2 unspecified atom stereocenters. The molecule has 0 bridgehead atoms. The number of hydrogen-bond acceptors (Lipinski definition) is 2. The molecule has 0 aliphatic carbocycles. The van der Waals surface area contributed by atoms with Crippen LogP contribution in [-0.4, -0.2) is 30.8 Å². The van der Waals surface area contributed by atoms with Crippen LogP contribution in [0, 0.1) is 0 Å². The molecule has 0 aromatic heterocycles. The lowest BCUT2D eigenvalue weighted by atomic mass is 10.3. The second kappa shape index (κ2) is 1.99. The Balaban J connectivity index is 2.39. The fourth-order valence-corrected chi connectivity index (χ4v) is 0.964. The zero-order valence-electron chi connectivity index (χ0n) is 4.97. The number of hydrogen-bond donors (Lipinski definition) is 1. The number of nitrogens with two attached hydrogens (primary N) is 1. The number of nitrogens with zero attached hydrogens (tertiary/aromatic N) is 1. The minimum Gasteiger partial charge on any atom is -0.316 e. The zero-order chi connectivity index (χ0) is 6.15. The maximum absolute atomic E-state index is 12.3. The first-order valence-electron chi connectivity index (χ1n) is 2.80. The molecule has 1 aliphatic heterocycles. The van der Waals surface area contributed by atoms with Crippen LogP contribution in [0.4, 0.5) is 4.39 Å². The van der Waals surface area contributed by atoms with Crippen molar-refractivity contribution in [3.63, 3.8) is 0 Å². The SMILES string of the molecule is CN1CC(F)CC1N. The number of halogens is 1. The van der Waals surface area contributed by atoms with Crippen LogP contribution in [0.1, 0.15) is 6.42 Å². The minimum atomic E-state index is -0.699. The van der Waals surface area contributed by atoms with Crippen LogP contribution in [0.2, 0.25) is 0 Å². The van der Waals surface area contributed by atoms with Crippen molar-refractivity contribution in [2.24, 2.45) is 5.73 Å². The van der Waals surface area contributed by atoms with Gasteiger partial charge >= 0.3 is 0 Å². The molecule has 0 radical (unpaired) electrons. The van der Waals surface area contributed by atoms with Gasteiger partial charge in [0.05, 0.1) is 6.17 Å². The topological polar surface area (TPSA) is 29.3 Å². The molecule has 8 heavy (non-hydrogen) atoms. The fraction of sp³-hybridized carbons (Fsp3) is 1.00. The first-order valence-corrected chi connectivity index (χ1v) is 2.80. The van der Waals surface area contributed by atoms with E-state index in [0.717, 1.165) is 0 Å². The highest BCUT2D eigenvalue weighted by molar-refractivity contribution is 4.78. The summed E-state index contributed by atoms with van der Waals surface area (Å²) in [5.74, 6) is 0. The maximum atomic E-state index is 12.3. The number of likely N-dealkylation sites (tertiary alicyclic amines) is 1. The lowest BCUT2D eigenvalue weighted by Gasteiger charge is -2.11. The summed E-state index contributed by atoms with van der Waals surface area (Å²) < 4.78 is 12.3. The standard InChI is InChI=1S/C5H11FN2/c1-8-3-4(6)2-5(8)7/h4-5H,2-3,7H2,1H3. The monoisotopic (exact) mass is 118 g/mol. The van der Waals surface area contributed by atoms with Crippen molar-refractivity contribution in [3.05, 3.63) is 0 Å². The van der Waals surface area contributed by atoms with Crippen molar-refractivity contribution in [1.29, 1.82) is 0 Å². The second-order valence-corrected chi connectivity index (χ2v) is 2.34. The first-order chi connectivity index (χ1) is 3.70. The Bertz CT molecular complexity index is 76.5. The highest BCUT2D eigenvalue weighted by Gasteiger charge is 2.25. The van der Waals surface area contributed by atoms with Gasteiger partial charge in [0.25, 0.3) is 0 Å². The van der Waals surface area contributed by atoms with Gasteiger partial charge in [0.15, 0.2) is 0 Å². The molecule has 0 spiro atoms. The molecular formula is C5H11FN2. The zero-order valence-corrected chi connectivity index (χ0v) is 4.97. The summed E-state index contributed by atoms with van der Waals surface area (Å²) >= 11 is 0. The van der Waals surface area contributed by atoms with Crippen molar-refractivity contribution < 1.29 is 4.39 Å². The van der Waals surface area contributed by atoms with E-state index in [0.29, 0.717) is 13.0 Å². The lowest BCUT2D eigenvalue weighted by Crippen LogP contribution is -2.32. The van der Waals surface area contributed by atoms with Crippen molar-refractivity contribution in [2.75, 3.05) is 13.6 Å². The Morgan fingerprint density at radius 2 is 2.38 bits per heavy atom.